The fourth-order valence-electron chi connectivity index (χ4n) is 5.41. The number of anilines is 1. The summed E-state index contributed by atoms with van der Waals surface area (Å²) in [5.41, 5.74) is 1.04. The molecule has 8 nitrogen and oxygen atoms in total. The second-order valence-corrected chi connectivity index (χ2v) is 10.3. The number of pyridine rings is 1. The van der Waals surface area contributed by atoms with E-state index in [1.54, 1.807) is 6.92 Å². The normalized spacial score (nSPS) is 16.9. The van der Waals surface area contributed by atoms with Crippen molar-refractivity contribution < 1.29 is 13.5 Å². The molecule has 2 aliphatic heterocycles. The first-order valence-electron chi connectivity index (χ1n) is 12.6. The van der Waals surface area contributed by atoms with Gasteiger partial charge in [-0.25, -0.2) is 33.1 Å². The van der Waals surface area contributed by atoms with E-state index in [0.29, 0.717) is 41.4 Å². The van der Waals surface area contributed by atoms with E-state index in [1.807, 2.05) is 13.8 Å². The van der Waals surface area contributed by atoms with Crippen molar-refractivity contribution in [3.63, 3.8) is 0 Å². The van der Waals surface area contributed by atoms with Crippen LogP contribution in [0.5, 0.6) is 5.75 Å². The third-order valence-corrected chi connectivity index (χ3v) is 7.58. The van der Waals surface area contributed by atoms with Crippen molar-refractivity contribution in [1.29, 1.82) is 0 Å². The zero-order chi connectivity index (χ0) is 26.7. The van der Waals surface area contributed by atoms with Gasteiger partial charge in [0.05, 0.1) is 28.8 Å². The highest BCUT2D eigenvalue weighted by molar-refractivity contribution is 6.36. The molecule has 3 aromatic heterocycles. The Labute approximate surface area is 222 Å². The lowest BCUT2D eigenvalue weighted by molar-refractivity contribution is 0.267. The number of aryl methyl sites for hydroxylation is 1. The molecule has 196 valence electrons. The van der Waals surface area contributed by atoms with Crippen molar-refractivity contribution in [2.75, 3.05) is 18.1 Å². The topological polar surface area (TPSA) is 86.0 Å². The Hall–Kier alpha value is -3.66. The molecule has 1 saturated heterocycles. The molecule has 0 radical (unpaired) electrons. The molecule has 1 atom stereocenters. The van der Waals surface area contributed by atoms with Crippen LogP contribution in [0.25, 0.3) is 28.0 Å². The van der Waals surface area contributed by atoms with Crippen molar-refractivity contribution in [2.45, 2.75) is 52.0 Å². The van der Waals surface area contributed by atoms with Crippen LogP contribution in [0.1, 0.15) is 50.4 Å². The average Bonchev–Trinajstić information content (AvgIpc) is 3.06. The molecule has 0 unspecified atom stereocenters. The maximum Gasteiger partial charge on any atom is 0.355 e. The zero-order valence-corrected chi connectivity index (χ0v) is 21.9. The Balaban J connectivity index is 1.79. The van der Waals surface area contributed by atoms with Gasteiger partial charge in [0.25, 0.3) is 0 Å². The summed E-state index contributed by atoms with van der Waals surface area (Å²) in [6, 6.07) is 3.79. The summed E-state index contributed by atoms with van der Waals surface area (Å²) in [6.07, 6.45) is 4.27. The van der Waals surface area contributed by atoms with Crippen LogP contribution in [0.2, 0.25) is 5.02 Å². The summed E-state index contributed by atoms with van der Waals surface area (Å²) in [7, 11) is 0. The molecule has 5 heterocycles. The van der Waals surface area contributed by atoms with Crippen molar-refractivity contribution in [1.82, 2.24) is 24.5 Å². The van der Waals surface area contributed by atoms with E-state index in [9.17, 15) is 9.18 Å². The summed E-state index contributed by atoms with van der Waals surface area (Å²) in [6.45, 7) is 6.69. The quantitative estimate of drug-likeness (QED) is 0.347. The zero-order valence-electron chi connectivity index (χ0n) is 21.1. The third kappa shape index (κ3) is 3.73. The van der Waals surface area contributed by atoms with Gasteiger partial charge in [-0.2, -0.15) is 4.98 Å². The molecule has 1 aromatic carbocycles. The number of rotatable bonds is 3. The van der Waals surface area contributed by atoms with Crippen molar-refractivity contribution >= 4 is 28.5 Å². The Kier molecular flexibility index (Phi) is 6.02. The molecule has 6 rings (SSSR count). The number of ether oxygens (including phenoxy) is 1. The molecular weight excluding hydrogens is 514 g/mol. The van der Waals surface area contributed by atoms with Gasteiger partial charge in [0, 0.05) is 12.1 Å². The van der Waals surface area contributed by atoms with E-state index in [0.717, 1.165) is 25.3 Å². The van der Waals surface area contributed by atoms with Crippen LogP contribution >= 0.6 is 11.6 Å². The molecule has 1 fully saturated rings. The van der Waals surface area contributed by atoms with Crippen LogP contribution in [-0.2, 0) is 0 Å². The Morgan fingerprint density at radius 3 is 2.76 bits per heavy atom. The van der Waals surface area contributed by atoms with Crippen LogP contribution in [-0.4, -0.2) is 43.7 Å². The standard InChI is InChI=1S/C27H25ClF2N6O2/c1-13(2)21-23(14(3)31-12-32-21)36-26-18-24(19(28)22(33-26)16-8-6-9-17(29)20(16)30)38-11-15-7-4-5-10-35(15)25(18)34-27(36)37/h6,8-9,12-13,15H,4-5,7,10-11H2,1-3H3/t15-/m1/s1. The van der Waals surface area contributed by atoms with Crippen molar-refractivity contribution in [2.24, 2.45) is 0 Å². The van der Waals surface area contributed by atoms with Gasteiger partial charge in [0.1, 0.15) is 29.2 Å². The minimum atomic E-state index is -1.09. The molecule has 2 aliphatic rings. The van der Waals surface area contributed by atoms with Gasteiger partial charge in [0.15, 0.2) is 23.0 Å². The van der Waals surface area contributed by atoms with Gasteiger partial charge in [-0.1, -0.05) is 31.5 Å². The first-order valence-corrected chi connectivity index (χ1v) is 13.0. The predicted molar refractivity (Wildman–Crippen MR) is 140 cm³/mol. The smallest absolute Gasteiger partial charge is 0.355 e. The number of nitrogens with zero attached hydrogens (tertiary/aromatic N) is 6. The van der Waals surface area contributed by atoms with E-state index in [2.05, 4.69) is 19.9 Å². The SMILES string of the molecule is Cc1ncnc(C(C)C)c1-n1c(=O)nc2c3c(c(Cl)c(-c4cccc(F)c4F)nc31)OC[C@H]1CCCCN21. The van der Waals surface area contributed by atoms with Crippen LogP contribution in [0.4, 0.5) is 14.6 Å². The third-order valence-electron chi connectivity index (χ3n) is 7.23. The van der Waals surface area contributed by atoms with Gasteiger partial charge in [-0.3, -0.25) is 0 Å². The Morgan fingerprint density at radius 1 is 1.16 bits per heavy atom. The second-order valence-electron chi connectivity index (χ2n) is 9.96. The van der Waals surface area contributed by atoms with Crippen molar-refractivity contribution in [3.8, 4) is 22.7 Å². The summed E-state index contributed by atoms with van der Waals surface area (Å²) < 4.78 is 36.9. The summed E-state index contributed by atoms with van der Waals surface area (Å²) >= 11 is 6.84. The van der Waals surface area contributed by atoms with Gasteiger partial charge in [-0.15, -0.1) is 0 Å². The van der Waals surface area contributed by atoms with E-state index < -0.39 is 17.3 Å². The lowest BCUT2D eigenvalue weighted by Crippen LogP contribution is -2.43. The van der Waals surface area contributed by atoms with E-state index in [-0.39, 0.29) is 39.6 Å². The largest absolute Gasteiger partial charge is 0.489 e. The second kappa shape index (κ2) is 9.27. The number of piperidine rings is 1. The Morgan fingerprint density at radius 2 is 1.97 bits per heavy atom. The molecule has 4 aromatic rings. The van der Waals surface area contributed by atoms with Crippen LogP contribution in [0.3, 0.4) is 0 Å². The monoisotopic (exact) mass is 538 g/mol. The molecule has 0 saturated carbocycles. The van der Waals surface area contributed by atoms with Crippen molar-refractivity contribution in [3.05, 3.63) is 63.1 Å². The molecule has 0 spiro atoms. The summed E-state index contributed by atoms with van der Waals surface area (Å²) in [5.74, 6) is -1.52. The summed E-state index contributed by atoms with van der Waals surface area (Å²) in [4.78, 5) is 34.0. The van der Waals surface area contributed by atoms with Gasteiger partial charge in [0.2, 0.25) is 0 Å². The number of fused-ring (bicyclic) bond motifs is 2. The molecule has 38 heavy (non-hydrogen) atoms. The highest BCUT2D eigenvalue weighted by Crippen LogP contribution is 2.46. The van der Waals surface area contributed by atoms with E-state index in [1.165, 1.54) is 23.0 Å². The lowest BCUT2D eigenvalue weighted by atomic mass is 10.0. The lowest BCUT2D eigenvalue weighted by Gasteiger charge is -2.34. The molecular formula is C27H25ClF2N6O2. The number of benzene rings is 1. The molecule has 0 N–H and O–H groups in total. The average molecular weight is 539 g/mol. The fourth-order valence-corrected chi connectivity index (χ4v) is 5.70. The fraction of sp³-hybridized carbons (Fsp3) is 0.370. The van der Waals surface area contributed by atoms with E-state index >= 15 is 4.39 Å². The minimum Gasteiger partial charge on any atom is -0.489 e. The Bertz CT molecular complexity index is 1660. The van der Waals surface area contributed by atoms with Crippen LogP contribution in [0.15, 0.2) is 29.3 Å². The van der Waals surface area contributed by atoms with Crippen LogP contribution < -0.4 is 15.3 Å². The van der Waals surface area contributed by atoms with Gasteiger partial charge in [-0.05, 0) is 44.2 Å². The maximum atomic E-state index is 15.0. The van der Waals surface area contributed by atoms with Gasteiger partial charge >= 0.3 is 5.69 Å². The maximum absolute atomic E-state index is 15.0. The number of hydrogen-bond donors (Lipinski definition) is 0. The summed E-state index contributed by atoms with van der Waals surface area (Å²) in [5, 5.41) is 0.470. The van der Waals surface area contributed by atoms with Crippen LogP contribution in [0, 0.1) is 18.6 Å². The first-order chi connectivity index (χ1) is 18.3. The van der Waals surface area contributed by atoms with Gasteiger partial charge < -0.3 is 9.64 Å². The highest BCUT2D eigenvalue weighted by Gasteiger charge is 2.35. The molecule has 0 bridgehead atoms. The highest BCUT2D eigenvalue weighted by atomic mass is 35.5. The van der Waals surface area contributed by atoms with E-state index in [4.69, 9.17) is 21.3 Å². The number of halogens is 3. The predicted octanol–water partition coefficient (Wildman–Crippen LogP) is 5.35. The molecule has 0 amide bonds. The number of hydrogen-bond acceptors (Lipinski definition) is 7. The minimum absolute atomic E-state index is 0.0134. The first kappa shape index (κ1) is 24.7. The number of aromatic nitrogens is 5. The molecule has 11 heteroatoms. The molecule has 0 aliphatic carbocycles.